The summed E-state index contributed by atoms with van der Waals surface area (Å²) in [6.07, 6.45) is -4.06. The van der Waals surface area contributed by atoms with Gasteiger partial charge in [0.05, 0.1) is 6.04 Å². The Morgan fingerprint density at radius 3 is 2.52 bits per heavy atom. The minimum atomic E-state index is -1.90. The molecule has 5 atom stereocenters. The number of rotatable bonds is 9. The lowest BCUT2D eigenvalue weighted by molar-refractivity contribution is -0.138. The van der Waals surface area contributed by atoms with Gasteiger partial charge in [0.1, 0.15) is 23.5 Å². The molecule has 11 heteroatoms. The summed E-state index contributed by atoms with van der Waals surface area (Å²) in [5, 5.41) is 32.7. The molecule has 0 spiro atoms. The van der Waals surface area contributed by atoms with Crippen LogP contribution in [0.25, 0.3) is 0 Å². The van der Waals surface area contributed by atoms with Crippen molar-refractivity contribution in [2.24, 2.45) is 17.4 Å². The SMILES string of the molecule is CC(C)CC(NC(=O)C(O)C(O)C(N)CC(N)=O)C1Cc2cccc(O)c2C(=O)O1.Cl. The molecule has 2 amide bonds. The van der Waals surface area contributed by atoms with E-state index in [0.717, 1.165) is 0 Å². The molecule has 2 rings (SSSR count). The number of esters is 1. The van der Waals surface area contributed by atoms with Crippen molar-refractivity contribution in [1.29, 1.82) is 0 Å². The van der Waals surface area contributed by atoms with Crippen LogP contribution in [0.2, 0.25) is 0 Å². The topological polar surface area (TPSA) is 185 Å². The molecule has 8 N–H and O–H groups in total. The minimum Gasteiger partial charge on any atom is -0.507 e. The lowest BCUT2D eigenvalue weighted by atomic mass is 9.90. The van der Waals surface area contributed by atoms with E-state index in [-0.39, 0.29) is 36.1 Å². The standard InChI is InChI=1S/C20H29N3O7.ClH/c1-9(2)6-12(23-19(28)18(27)17(26)11(21)8-15(22)25)14-7-10-4-3-5-13(24)16(10)20(29)30-14;/h3-5,9,11-12,14,17-18,24,26-27H,6-8,21H2,1-2H3,(H2,22,25)(H,23,28);1H. The van der Waals surface area contributed by atoms with Crippen LogP contribution in [0.1, 0.15) is 42.6 Å². The van der Waals surface area contributed by atoms with Crippen LogP contribution in [0.15, 0.2) is 18.2 Å². The van der Waals surface area contributed by atoms with E-state index in [2.05, 4.69) is 5.32 Å². The van der Waals surface area contributed by atoms with Gasteiger partial charge in [0, 0.05) is 18.9 Å². The number of carbonyl (C=O) groups is 3. The number of amides is 2. The minimum absolute atomic E-state index is 0. The van der Waals surface area contributed by atoms with E-state index in [4.69, 9.17) is 16.2 Å². The van der Waals surface area contributed by atoms with Crippen molar-refractivity contribution in [2.45, 2.75) is 63.5 Å². The first-order valence-corrected chi connectivity index (χ1v) is 9.73. The lowest BCUT2D eigenvalue weighted by Crippen LogP contribution is -2.56. The number of benzene rings is 1. The van der Waals surface area contributed by atoms with Crippen molar-refractivity contribution in [2.75, 3.05) is 0 Å². The highest BCUT2D eigenvalue weighted by molar-refractivity contribution is 5.95. The summed E-state index contributed by atoms with van der Waals surface area (Å²) in [7, 11) is 0. The van der Waals surface area contributed by atoms with Crippen LogP contribution in [0.3, 0.4) is 0 Å². The molecule has 0 bridgehead atoms. The number of cyclic esters (lactones) is 1. The molecule has 0 fully saturated rings. The van der Waals surface area contributed by atoms with Gasteiger partial charge in [0.2, 0.25) is 5.91 Å². The normalized spacial score (nSPS) is 19.3. The number of phenols is 1. The number of aliphatic hydroxyl groups is 2. The molecular formula is C20H30ClN3O7. The van der Waals surface area contributed by atoms with Crippen LogP contribution in [0, 0.1) is 5.92 Å². The molecule has 10 nitrogen and oxygen atoms in total. The largest absolute Gasteiger partial charge is 0.507 e. The zero-order valence-corrected chi connectivity index (χ0v) is 18.2. The summed E-state index contributed by atoms with van der Waals surface area (Å²) in [4.78, 5) is 35.8. The highest BCUT2D eigenvalue weighted by atomic mass is 35.5. The maximum atomic E-state index is 12.5. The number of aliphatic hydroxyl groups excluding tert-OH is 2. The molecule has 0 saturated heterocycles. The first kappa shape index (κ1) is 26.6. The first-order chi connectivity index (χ1) is 14.0. The van der Waals surface area contributed by atoms with Crippen molar-refractivity contribution in [3.05, 3.63) is 29.3 Å². The Hall–Kier alpha value is -2.40. The Bertz CT molecular complexity index is 805. The van der Waals surface area contributed by atoms with Crippen molar-refractivity contribution < 1.29 is 34.4 Å². The number of nitrogens with one attached hydrogen (secondary N) is 1. The number of phenolic OH excluding ortho intramolecular Hbond substituents is 1. The van der Waals surface area contributed by atoms with Crippen LogP contribution >= 0.6 is 12.4 Å². The predicted molar refractivity (Wildman–Crippen MR) is 113 cm³/mol. The maximum absolute atomic E-state index is 12.5. The molecule has 1 heterocycles. The third kappa shape index (κ3) is 6.79. The highest BCUT2D eigenvalue weighted by Crippen LogP contribution is 2.30. The number of nitrogens with two attached hydrogens (primary N) is 2. The van der Waals surface area contributed by atoms with Crippen LogP contribution < -0.4 is 16.8 Å². The van der Waals surface area contributed by atoms with E-state index in [0.29, 0.717) is 12.0 Å². The summed E-state index contributed by atoms with van der Waals surface area (Å²) in [5.74, 6) is -2.46. The van der Waals surface area contributed by atoms with Crippen molar-refractivity contribution in [3.63, 3.8) is 0 Å². The van der Waals surface area contributed by atoms with Gasteiger partial charge in [0.25, 0.3) is 5.91 Å². The van der Waals surface area contributed by atoms with Gasteiger partial charge < -0.3 is 36.8 Å². The van der Waals surface area contributed by atoms with E-state index >= 15 is 0 Å². The molecule has 0 radical (unpaired) electrons. The van der Waals surface area contributed by atoms with Crippen LogP contribution in [0.4, 0.5) is 0 Å². The van der Waals surface area contributed by atoms with E-state index < -0.39 is 54.6 Å². The van der Waals surface area contributed by atoms with Crippen molar-refractivity contribution >= 4 is 30.2 Å². The van der Waals surface area contributed by atoms with Gasteiger partial charge in [-0.25, -0.2) is 4.79 Å². The molecule has 1 aromatic carbocycles. The molecule has 0 aromatic heterocycles. The molecule has 1 aliphatic heterocycles. The zero-order valence-electron chi connectivity index (χ0n) is 17.4. The smallest absolute Gasteiger partial charge is 0.342 e. The summed E-state index contributed by atoms with van der Waals surface area (Å²) in [6, 6.07) is 2.82. The fourth-order valence-electron chi connectivity index (χ4n) is 3.49. The highest BCUT2D eigenvalue weighted by Gasteiger charge is 2.37. The number of primary amides is 1. The number of hydrogen-bond donors (Lipinski definition) is 6. The predicted octanol–water partition coefficient (Wildman–Crippen LogP) is -0.649. The van der Waals surface area contributed by atoms with Gasteiger partial charge in [-0.3, -0.25) is 9.59 Å². The summed E-state index contributed by atoms with van der Waals surface area (Å²) in [5.41, 5.74) is 11.3. The van der Waals surface area contributed by atoms with Gasteiger partial charge >= 0.3 is 5.97 Å². The van der Waals surface area contributed by atoms with Gasteiger partial charge in [-0.1, -0.05) is 26.0 Å². The van der Waals surface area contributed by atoms with E-state index in [1.807, 2.05) is 13.8 Å². The van der Waals surface area contributed by atoms with Crippen molar-refractivity contribution in [3.8, 4) is 5.75 Å². The Morgan fingerprint density at radius 2 is 1.94 bits per heavy atom. The second-order valence-corrected chi connectivity index (χ2v) is 7.97. The van der Waals surface area contributed by atoms with E-state index in [9.17, 15) is 29.7 Å². The van der Waals surface area contributed by atoms with Crippen LogP contribution in [-0.4, -0.2) is 63.5 Å². The van der Waals surface area contributed by atoms with Gasteiger partial charge in [-0.15, -0.1) is 12.4 Å². The van der Waals surface area contributed by atoms with E-state index in [1.165, 1.54) is 6.07 Å². The number of halogens is 1. The molecule has 1 aliphatic rings. The van der Waals surface area contributed by atoms with Gasteiger partial charge in [-0.05, 0) is 24.0 Å². The maximum Gasteiger partial charge on any atom is 0.342 e. The van der Waals surface area contributed by atoms with Gasteiger partial charge in [0.15, 0.2) is 6.10 Å². The van der Waals surface area contributed by atoms with Crippen LogP contribution in [-0.2, 0) is 20.7 Å². The zero-order chi connectivity index (χ0) is 22.6. The lowest BCUT2D eigenvalue weighted by Gasteiger charge is -2.34. The average molecular weight is 460 g/mol. The number of ether oxygens (including phenoxy) is 1. The average Bonchev–Trinajstić information content (AvgIpc) is 2.65. The van der Waals surface area contributed by atoms with Crippen LogP contribution in [0.5, 0.6) is 5.75 Å². The number of carbonyl (C=O) groups excluding carboxylic acids is 3. The summed E-state index contributed by atoms with van der Waals surface area (Å²) >= 11 is 0. The van der Waals surface area contributed by atoms with E-state index in [1.54, 1.807) is 12.1 Å². The fraction of sp³-hybridized carbons (Fsp3) is 0.550. The quantitative estimate of drug-likeness (QED) is 0.263. The summed E-state index contributed by atoms with van der Waals surface area (Å²) < 4.78 is 5.45. The monoisotopic (exact) mass is 459 g/mol. The number of hydrogen-bond acceptors (Lipinski definition) is 8. The molecule has 1 aromatic rings. The second kappa shape index (κ2) is 11.3. The Kier molecular flexibility index (Phi) is 9.70. The molecule has 5 unspecified atom stereocenters. The molecule has 0 aliphatic carbocycles. The molecule has 174 valence electrons. The Balaban J connectivity index is 0.00000480. The molecular weight excluding hydrogens is 430 g/mol. The Labute approximate surface area is 186 Å². The number of aromatic hydroxyl groups is 1. The molecule has 31 heavy (non-hydrogen) atoms. The summed E-state index contributed by atoms with van der Waals surface area (Å²) in [6.45, 7) is 3.83. The third-order valence-corrected chi connectivity index (χ3v) is 4.98. The van der Waals surface area contributed by atoms with Crippen molar-refractivity contribution in [1.82, 2.24) is 5.32 Å². The first-order valence-electron chi connectivity index (χ1n) is 9.73. The second-order valence-electron chi connectivity index (χ2n) is 7.97. The van der Waals surface area contributed by atoms with Gasteiger partial charge in [-0.2, -0.15) is 0 Å². The Morgan fingerprint density at radius 1 is 1.29 bits per heavy atom. The molecule has 0 saturated carbocycles. The fourth-order valence-corrected chi connectivity index (χ4v) is 3.49. The number of fused-ring (bicyclic) bond motifs is 1. The third-order valence-electron chi connectivity index (χ3n) is 4.98.